The summed E-state index contributed by atoms with van der Waals surface area (Å²) in [5, 5.41) is 0. The van der Waals surface area contributed by atoms with E-state index in [0.717, 1.165) is 50.9 Å². The van der Waals surface area contributed by atoms with Crippen LogP contribution in [0.15, 0.2) is 6.33 Å². The van der Waals surface area contributed by atoms with Crippen LogP contribution in [0.5, 0.6) is 5.88 Å². The predicted octanol–water partition coefficient (Wildman–Crippen LogP) is 2.09. The molecule has 0 bridgehead atoms. The average molecular weight is 305 g/mol. The fraction of sp³-hybridized carbons (Fsp3) is 0.765. The van der Waals surface area contributed by atoms with E-state index in [0.29, 0.717) is 0 Å². The van der Waals surface area contributed by atoms with Gasteiger partial charge < -0.3 is 14.4 Å². The second-order valence-corrected chi connectivity index (χ2v) is 6.63. The molecule has 0 aromatic carbocycles. The van der Waals surface area contributed by atoms with Crippen LogP contribution < -0.4 is 4.74 Å². The van der Waals surface area contributed by atoms with Crippen LogP contribution in [0.4, 0.5) is 0 Å². The highest BCUT2D eigenvalue weighted by Gasteiger charge is 2.22. The average Bonchev–Trinajstić information content (AvgIpc) is 2.71. The van der Waals surface area contributed by atoms with E-state index in [2.05, 4.69) is 14.9 Å². The normalized spacial score (nSPS) is 20.7. The lowest BCUT2D eigenvalue weighted by molar-refractivity contribution is 0.0530. The third-order valence-corrected chi connectivity index (χ3v) is 4.54. The summed E-state index contributed by atoms with van der Waals surface area (Å²) in [4.78, 5) is 11.4. The Balaban J connectivity index is 1.64. The first-order valence-electron chi connectivity index (χ1n) is 8.52. The Labute approximate surface area is 133 Å². The molecule has 5 heteroatoms. The van der Waals surface area contributed by atoms with Gasteiger partial charge in [0.1, 0.15) is 6.33 Å². The molecular weight excluding hydrogens is 278 g/mol. The Kier molecular flexibility index (Phi) is 5.26. The van der Waals surface area contributed by atoms with Gasteiger partial charge in [-0.05, 0) is 39.0 Å². The van der Waals surface area contributed by atoms with Crippen molar-refractivity contribution in [2.45, 2.75) is 45.6 Å². The molecule has 0 unspecified atom stereocenters. The third kappa shape index (κ3) is 3.96. The molecule has 1 aromatic rings. The van der Waals surface area contributed by atoms with Crippen molar-refractivity contribution < 1.29 is 9.47 Å². The molecule has 5 nitrogen and oxygen atoms in total. The minimum absolute atomic E-state index is 0.153. The number of fused-ring (bicyclic) bond motifs is 1. The molecule has 1 fully saturated rings. The summed E-state index contributed by atoms with van der Waals surface area (Å²) in [7, 11) is 0. The number of hydrogen-bond donors (Lipinski definition) is 0. The zero-order valence-electron chi connectivity index (χ0n) is 13.8. The number of hydrogen-bond acceptors (Lipinski definition) is 5. The second-order valence-electron chi connectivity index (χ2n) is 6.63. The predicted molar refractivity (Wildman–Crippen MR) is 85.2 cm³/mol. The SMILES string of the molecule is CC(C)Oc1ncnc2c1CCN(CC1CCOCC1)CC2. The Morgan fingerprint density at radius 1 is 1.23 bits per heavy atom. The highest BCUT2D eigenvalue weighted by molar-refractivity contribution is 5.31. The Bertz CT molecular complexity index is 487. The van der Waals surface area contributed by atoms with Gasteiger partial charge in [-0.1, -0.05) is 0 Å². The van der Waals surface area contributed by atoms with Gasteiger partial charge in [-0.3, -0.25) is 0 Å². The summed E-state index contributed by atoms with van der Waals surface area (Å²) < 4.78 is 11.3. The minimum atomic E-state index is 0.153. The standard InChI is InChI=1S/C17H27N3O2/c1-13(2)22-17-15-3-7-20(8-4-16(15)18-12-19-17)11-14-5-9-21-10-6-14/h12-14H,3-11H2,1-2H3. The summed E-state index contributed by atoms with van der Waals surface area (Å²) >= 11 is 0. The molecule has 0 atom stereocenters. The zero-order chi connectivity index (χ0) is 15.4. The van der Waals surface area contributed by atoms with Crippen LogP contribution in [0.25, 0.3) is 0 Å². The topological polar surface area (TPSA) is 47.5 Å². The minimum Gasteiger partial charge on any atom is -0.475 e. The van der Waals surface area contributed by atoms with Gasteiger partial charge in [-0.25, -0.2) is 9.97 Å². The zero-order valence-corrected chi connectivity index (χ0v) is 13.8. The monoisotopic (exact) mass is 305 g/mol. The van der Waals surface area contributed by atoms with Gasteiger partial charge in [-0.15, -0.1) is 0 Å². The molecule has 3 heterocycles. The summed E-state index contributed by atoms with van der Waals surface area (Å²) in [6.07, 6.45) is 6.18. The smallest absolute Gasteiger partial charge is 0.220 e. The molecule has 122 valence electrons. The van der Waals surface area contributed by atoms with Gasteiger partial charge in [0.2, 0.25) is 5.88 Å². The quantitative estimate of drug-likeness (QED) is 0.852. The highest BCUT2D eigenvalue weighted by Crippen LogP contribution is 2.24. The molecule has 0 amide bonds. The molecule has 1 aromatic heterocycles. The lowest BCUT2D eigenvalue weighted by atomic mass is 9.99. The van der Waals surface area contributed by atoms with Crippen molar-refractivity contribution in [1.29, 1.82) is 0 Å². The van der Waals surface area contributed by atoms with Gasteiger partial charge in [0, 0.05) is 44.8 Å². The second kappa shape index (κ2) is 7.38. The lowest BCUT2D eigenvalue weighted by Gasteiger charge is -2.28. The molecule has 22 heavy (non-hydrogen) atoms. The molecule has 0 N–H and O–H groups in total. The molecule has 1 saturated heterocycles. The maximum Gasteiger partial charge on any atom is 0.220 e. The highest BCUT2D eigenvalue weighted by atomic mass is 16.5. The molecule has 0 saturated carbocycles. The van der Waals surface area contributed by atoms with E-state index < -0.39 is 0 Å². The Hall–Kier alpha value is -1.20. The Morgan fingerprint density at radius 2 is 2.00 bits per heavy atom. The molecule has 2 aliphatic rings. The van der Waals surface area contributed by atoms with E-state index in [1.807, 2.05) is 13.8 Å². The fourth-order valence-corrected chi connectivity index (χ4v) is 3.34. The van der Waals surface area contributed by atoms with Crippen molar-refractivity contribution in [3.8, 4) is 5.88 Å². The van der Waals surface area contributed by atoms with Crippen molar-refractivity contribution >= 4 is 0 Å². The number of ether oxygens (including phenoxy) is 2. The third-order valence-electron chi connectivity index (χ3n) is 4.54. The van der Waals surface area contributed by atoms with Crippen molar-refractivity contribution in [3.63, 3.8) is 0 Å². The van der Waals surface area contributed by atoms with Gasteiger partial charge in [0.15, 0.2) is 0 Å². The summed E-state index contributed by atoms with van der Waals surface area (Å²) in [5.74, 6) is 1.57. The van der Waals surface area contributed by atoms with E-state index >= 15 is 0 Å². The number of nitrogens with zero attached hydrogens (tertiary/aromatic N) is 3. The Morgan fingerprint density at radius 3 is 2.77 bits per heavy atom. The van der Waals surface area contributed by atoms with Crippen LogP contribution in [-0.2, 0) is 17.6 Å². The summed E-state index contributed by atoms with van der Waals surface area (Å²) in [5.41, 5.74) is 2.38. The van der Waals surface area contributed by atoms with Crippen LogP contribution in [0.1, 0.15) is 37.9 Å². The van der Waals surface area contributed by atoms with Crippen LogP contribution >= 0.6 is 0 Å². The van der Waals surface area contributed by atoms with E-state index in [4.69, 9.17) is 9.47 Å². The molecule has 0 radical (unpaired) electrons. The molecule has 0 spiro atoms. The van der Waals surface area contributed by atoms with Crippen LogP contribution in [0.2, 0.25) is 0 Å². The molecule has 0 aliphatic carbocycles. The van der Waals surface area contributed by atoms with E-state index in [-0.39, 0.29) is 6.10 Å². The fourth-order valence-electron chi connectivity index (χ4n) is 3.34. The number of rotatable bonds is 4. The van der Waals surface area contributed by atoms with Crippen molar-refractivity contribution in [2.24, 2.45) is 5.92 Å². The van der Waals surface area contributed by atoms with Crippen molar-refractivity contribution in [3.05, 3.63) is 17.6 Å². The van der Waals surface area contributed by atoms with Crippen LogP contribution in [0, 0.1) is 5.92 Å². The van der Waals surface area contributed by atoms with E-state index in [9.17, 15) is 0 Å². The van der Waals surface area contributed by atoms with Crippen LogP contribution in [0.3, 0.4) is 0 Å². The van der Waals surface area contributed by atoms with Crippen molar-refractivity contribution in [1.82, 2.24) is 14.9 Å². The van der Waals surface area contributed by atoms with Crippen LogP contribution in [-0.4, -0.2) is 53.8 Å². The largest absolute Gasteiger partial charge is 0.475 e. The van der Waals surface area contributed by atoms with E-state index in [1.165, 1.54) is 30.6 Å². The first-order chi connectivity index (χ1) is 10.7. The van der Waals surface area contributed by atoms with Gasteiger partial charge in [0.25, 0.3) is 0 Å². The van der Waals surface area contributed by atoms with Gasteiger partial charge in [-0.2, -0.15) is 0 Å². The lowest BCUT2D eigenvalue weighted by Crippen LogP contribution is -2.34. The van der Waals surface area contributed by atoms with E-state index in [1.54, 1.807) is 6.33 Å². The molecular formula is C17H27N3O2. The van der Waals surface area contributed by atoms with Crippen molar-refractivity contribution in [2.75, 3.05) is 32.8 Å². The van der Waals surface area contributed by atoms with Gasteiger partial charge in [0.05, 0.1) is 11.8 Å². The number of aromatic nitrogens is 2. The molecule has 3 rings (SSSR count). The maximum atomic E-state index is 5.87. The maximum absolute atomic E-state index is 5.87. The summed E-state index contributed by atoms with van der Waals surface area (Å²) in [6, 6.07) is 0. The molecule has 2 aliphatic heterocycles. The first-order valence-corrected chi connectivity index (χ1v) is 8.52. The first kappa shape index (κ1) is 15.7. The summed E-state index contributed by atoms with van der Waals surface area (Å²) in [6.45, 7) is 9.29. The van der Waals surface area contributed by atoms with Gasteiger partial charge >= 0.3 is 0 Å².